The Kier molecular flexibility index (Phi) is 6.27. The second-order valence-electron chi connectivity index (χ2n) is 5.94. The molecule has 0 saturated carbocycles. The Balaban J connectivity index is 1.89. The van der Waals surface area contributed by atoms with Crippen LogP contribution in [0, 0.1) is 0 Å². The maximum absolute atomic E-state index is 12.8. The molecule has 0 saturated heterocycles. The number of aromatic nitrogens is 2. The van der Waals surface area contributed by atoms with Crippen molar-refractivity contribution in [3.05, 3.63) is 68.9 Å². The number of ketones is 1. The van der Waals surface area contributed by atoms with E-state index in [4.69, 9.17) is 0 Å². The number of carbonyl (C=O) groups is 1. The third-order valence-electron chi connectivity index (χ3n) is 4.06. The van der Waals surface area contributed by atoms with Crippen molar-refractivity contribution >= 4 is 44.4 Å². The summed E-state index contributed by atoms with van der Waals surface area (Å²) < 4.78 is 2.64. The van der Waals surface area contributed by atoms with Crippen LogP contribution < -0.4 is 5.56 Å². The summed E-state index contributed by atoms with van der Waals surface area (Å²) in [4.78, 5) is 29.9. The smallest absolute Gasteiger partial charge is 0.262 e. The van der Waals surface area contributed by atoms with Gasteiger partial charge in [0, 0.05) is 16.6 Å². The lowest BCUT2D eigenvalue weighted by Gasteiger charge is -2.12. The van der Waals surface area contributed by atoms with E-state index in [1.165, 1.54) is 11.8 Å². The number of thioether (sulfide) groups is 1. The molecule has 0 amide bonds. The van der Waals surface area contributed by atoms with Crippen LogP contribution in [0.2, 0.25) is 0 Å². The first-order chi connectivity index (χ1) is 12.6. The first kappa shape index (κ1) is 18.9. The molecule has 0 N–H and O–H groups in total. The molecule has 3 aromatic rings. The molecular formula is C20H19BrN2O2S. The summed E-state index contributed by atoms with van der Waals surface area (Å²) in [5.74, 6) is 0.269. The Labute approximate surface area is 164 Å². The maximum Gasteiger partial charge on any atom is 0.262 e. The van der Waals surface area contributed by atoms with Crippen molar-refractivity contribution in [2.75, 3.05) is 5.75 Å². The number of benzene rings is 2. The summed E-state index contributed by atoms with van der Waals surface area (Å²) in [5, 5.41) is 1.22. The summed E-state index contributed by atoms with van der Waals surface area (Å²) in [6.45, 7) is 2.70. The zero-order chi connectivity index (χ0) is 18.5. The Hall–Kier alpha value is -1.92. The Morgan fingerprint density at radius 2 is 1.88 bits per heavy atom. The molecule has 6 heteroatoms. The average Bonchev–Trinajstić information content (AvgIpc) is 2.66. The van der Waals surface area contributed by atoms with Gasteiger partial charge in [0.1, 0.15) is 0 Å². The highest BCUT2D eigenvalue weighted by Crippen LogP contribution is 2.20. The van der Waals surface area contributed by atoms with Crippen LogP contribution in [0.3, 0.4) is 0 Å². The van der Waals surface area contributed by atoms with Crippen LogP contribution in [0.1, 0.15) is 30.1 Å². The van der Waals surface area contributed by atoms with Gasteiger partial charge in [-0.25, -0.2) is 4.98 Å². The molecule has 0 aliphatic heterocycles. The average molecular weight is 431 g/mol. The number of halogens is 1. The maximum atomic E-state index is 12.8. The highest BCUT2D eigenvalue weighted by molar-refractivity contribution is 9.10. The number of fused-ring (bicyclic) bond motifs is 1. The van der Waals surface area contributed by atoms with Gasteiger partial charge in [0.2, 0.25) is 0 Å². The summed E-state index contributed by atoms with van der Waals surface area (Å²) >= 11 is 4.69. The first-order valence-electron chi connectivity index (χ1n) is 8.51. The lowest BCUT2D eigenvalue weighted by atomic mass is 10.2. The third kappa shape index (κ3) is 4.24. The van der Waals surface area contributed by atoms with Gasteiger partial charge < -0.3 is 0 Å². The molecule has 0 atom stereocenters. The van der Waals surface area contributed by atoms with Gasteiger partial charge in [0.25, 0.3) is 5.56 Å². The first-order valence-corrected chi connectivity index (χ1v) is 10.3. The summed E-state index contributed by atoms with van der Waals surface area (Å²) in [5.41, 5.74) is 1.29. The molecule has 0 aliphatic rings. The molecule has 0 aliphatic carbocycles. The molecule has 0 radical (unpaired) electrons. The fourth-order valence-electron chi connectivity index (χ4n) is 2.62. The molecule has 26 heavy (non-hydrogen) atoms. The largest absolute Gasteiger partial charge is 0.293 e. The molecule has 3 rings (SSSR count). The van der Waals surface area contributed by atoms with Gasteiger partial charge in [0.05, 0.1) is 16.7 Å². The molecule has 2 aromatic carbocycles. The van der Waals surface area contributed by atoms with Crippen molar-refractivity contribution in [3.8, 4) is 0 Å². The SMILES string of the molecule is CCCCn1c(SCC(=O)c2ccc(Br)cc2)nc2ccccc2c1=O. The van der Waals surface area contributed by atoms with Crippen LogP contribution in [0.25, 0.3) is 10.9 Å². The Bertz CT molecular complexity index is 983. The molecule has 1 aromatic heterocycles. The molecule has 0 fully saturated rings. The monoisotopic (exact) mass is 430 g/mol. The fourth-order valence-corrected chi connectivity index (χ4v) is 3.80. The van der Waals surface area contributed by atoms with Crippen molar-refractivity contribution in [3.63, 3.8) is 0 Å². The molecule has 4 nitrogen and oxygen atoms in total. The number of hydrogen-bond acceptors (Lipinski definition) is 4. The van der Waals surface area contributed by atoms with E-state index in [0.717, 1.165) is 17.3 Å². The lowest BCUT2D eigenvalue weighted by molar-refractivity contribution is 0.102. The molecule has 0 spiro atoms. The lowest BCUT2D eigenvalue weighted by Crippen LogP contribution is -2.23. The minimum absolute atomic E-state index is 0.0203. The quantitative estimate of drug-likeness (QED) is 0.302. The van der Waals surface area contributed by atoms with Gasteiger partial charge in [-0.3, -0.25) is 14.2 Å². The van der Waals surface area contributed by atoms with Crippen molar-refractivity contribution in [2.45, 2.75) is 31.5 Å². The number of Topliss-reactive ketones (excluding diaryl/α,β-unsaturated/α-hetero) is 1. The van der Waals surface area contributed by atoms with E-state index in [9.17, 15) is 9.59 Å². The minimum atomic E-state index is -0.0392. The highest BCUT2D eigenvalue weighted by Gasteiger charge is 2.14. The Morgan fingerprint density at radius 3 is 2.62 bits per heavy atom. The van der Waals surface area contributed by atoms with Crippen molar-refractivity contribution in [1.82, 2.24) is 9.55 Å². The van der Waals surface area contributed by atoms with E-state index in [0.29, 0.717) is 28.2 Å². The van der Waals surface area contributed by atoms with Crippen LogP contribution >= 0.6 is 27.7 Å². The van der Waals surface area contributed by atoms with E-state index in [1.54, 1.807) is 22.8 Å². The van der Waals surface area contributed by atoms with Crippen LogP contribution in [0.4, 0.5) is 0 Å². The predicted octanol–water partition coefficient (Wildman–Crippen LogP) is 4.93. The second kappa shape index (κ2) is 8.64. The summed E-state index contributed by atoms with van der Waals surface area (Å²) in [6.07, 6.45) is 1.88. The molecule has 0 unspecified atom stereocenters. The van der Waals surface area contributed by atoms with Crippen LogP contribution in [-0.2, 0) is 6.54 Å². The predicted molar refractivity (Wildman–Crippen MR) is 110 cm³/mol. The zero-order valence-electron chi connectivity index (χ0n) is 14.4. The number of para-hydroxylation sites is 1. The van der Waals surface area contributed by atoms with Crippen LogP contribution in [-0.4, -0.2) is 21.1 Å². The zero-order valence-corrected chi connectivity index (χ0v) is 16.8. The molecule has 0 bridgehead atoms. The van der Waals surface area contributed by atoms with Crippen LogP contribution in [0.15, 0.2) is 63.0 Å². The standard InChI is InChI=1S/C20H19BrN2O2S/c1-2-3-12-23-19(25)16-6-4-5-7-17(16)22-20(23)26-13-18(24)14-8-10-15(21)11-9-14/h4-11H,2-3,12-13H2,1H3. The number of nitrogens with zero attached hydrogens (tertiary/aromatic N) is 2. The minimum Gasteiger partial charge on any atom is -0.293 e. The van der Waals surface area contributed by atoms with E-state index < -0.39 is 0 Å². The Morgan fingerprint density at radius 1 is 1.15 bits per heavy atom. The van der Waals surface area contributed by atoms with Crippen molar-refractivity contribution in [2.24, 2.45) is 0 Å². The van der Waals surface area contributed by atoms with E-state index in [1.807, 2.05) is 30.3 Å². The molecule has 134 valence electrons. The van der Waals surface area contributed by atoms with E-state index in [-0.39, 0.29) is 17.1 Å². The number of hydrogen-bond donors (Lipinski definition) is 0. The summed E-state index contributed by atoms with van der Waals surface area (Å²) in [7, 11) is 0. The number of rotatable bonds is 7. The van der Waals surface area contributed by atoms with Gasteiger partial charge in [-0.05, 0) is 30.7 Å². The number of carbonyl (C=O) groups excluding carboxylic acids is 1. The molecular weight excluding hydrogens is 412 g/mol. The van der Waals surface area contributed by atoms with Gasteiger partial charge in [-0.1, -0.05) is 65.3 Å². The van der Waals surface area contributed by atoms with Gasteiger partial charge in [-0.2, -0.15) is 0 Å². The fraction of sp³-hybridized carbons (Fsp3) is 0.250. The topological polar surface area (TPSA) is 52.0 Å². The van der Waals surface area contributed by atoms with Gasteiger partial charge >= 0.3 is 0 Å². The van der Waals surface area contributed by atoms with Crippen molar-refractivity contribution in [1.29, 1.82) is 0 Å². The third-order valence-corrected chi connectivity index (χ3v) is 5.57. The van der Waals surface area contributed by atoms with Crippen molar-refractivity contribution < 1.29 is 4.79 Å². The van der Waals surface area contributed by atoms with Gasteiger partial charge in [0.15, 0.2) is 10.9 Å². The van der Waals surface area contributed by atoms with E-state index in [2.05, 4.69) is 27.8 Å². The van der Waals surface area contributed by atoms with Gasteiger partial charge in [-0.15, -0.1) is 0 Å². The van der Waals surface area contributed by atoms with Crippen LogP contribution in [0.5, 0.6) is 0 Å². The van der Waals surface area contributed by atoms with E-state index >= 15 is 0 Å². The second-order valence-corrected chi connectivity index (χ2v) is 7.80. The highest BCUT2D eigenvalue weighted by atomic mass is 79.9. The summed E-state index contributed by atoms with van der Waals surface area (Å²) in [6, 6.07) is 14.6. The molecule has 1 heterocycles. The number of unbranched alkanes of at least 4 members (excludes halogenated alkanes) is 1. The normalized spacial score (nSPS) is 11.0.